The highest BCUT2D eigenvalue weighted by Crippen LogP contribution is 2.25. The van der Waals surface area contributed by atoms with Gasteiger partial charge in [-0.15, -0.1) is 0 Å². The zero-order valence-electron chi connectivity index (χ0n) is 11.6. The number of aromatic carboxylic acids is 1. The molecule has 1 heterocycles. The van der Waals surface area contributed by atoms with Crippen molar-refractivity contribution in [3.63, 3.8) is 0 Å². The van der Waals surface area contributed by atoms with Crippen molar-refractivity contribution in [3.05, 3.63) is 47.2 Å². The number of carboxylic acid groups (broad SMARTS) is 1. The number of aryl methyl sites for hydroxylation is 2. The minimum absolute atomic E-state index is 0.357. The molecule has 19 heavy (non-hydrogen) atoms. The van der Waals surface area contributed by atoms with Crippen LogP contribution in [0.3, 0.4) is 0 Å². The highest BCUT2D eigenvalue weighted by atomic mass is 16.4. The Morgan fingerprint density at radius 2 is 1.89 bits per heavy atom. The van der Waals surface area contributed by atoms with Gasteiger partial charge < -0.3 is 9.67 Å². The van der Waals surface area contributed by atoms with E-state index in [2.05, 4.69) is 39.0 Å². The molecule has 0 saturated carbocycles. The van der Waals surface area contributed by atoms with E-state index < -0.39 is 5.97 Å². The SMILES string of the molecule is CCCn1c(C(=O)O)ccc1-c1ccc(C)c(C)c1. The molecule has 0 aliphatic heterocycles. The number of rotatable bonds is 4. The van der Waals surface area contributed by atoms with Gasteiger partial charge in [-0.1, -0.05) is 19.1 Å². The van der Waals surface area contributed by atoms with Gasteiger partial charge in [0, 0.05) is 12.2 Å². The predicted octanol–water partition coefficient (Wildman–Crippen LogP) is 3.88. The first-order valence-corrected chi connectivity index (χ1v) is 6.55. The lowest BCUT2D eigenvalue weighted by atomic mass is 10.0. The highest BCUT2D eigenvalue weighted by molar-refractivity contribution is 5.87. The predicted molar refractivity (Wildman–Crippen MR) is 76.6 cm³/mol. The average Bonchev–Trinajstić information content (AvgIpc) is 2.77. The maximum atomic E-state index is 11.2. The molecule has 3 heteroatoms. The van der Waals surface area contributed by atoms with Crippen molar-refractivity contribution in [2.24, 2.45) is 0 Å². The molecule has 2 aromatic rings. The van der Waals surface area contributed by atoms with Gasteiger partial charge in [0.25, 0.3) is 0 Å². The largest absolute Gasteiger partial charge is 0.477 e. The molecule has 0 aliphatic rings. The summed E-state index contributed by atoms with van der Waals surface area (Å²) in [7, 11) is 0. The van der Waals surface area contributed by atoms with Crippen LogP contribution in [-0.2, 0) is 6.54 Å². The van der Waals surface area contributed by atoms with Gasteiger partial charge in [-0.2, -0.15) is 0 Å². The van der Waals surface area contributed by atoms with Gasteiger partial charge in [0.1, 0.15) is 5.69 Å². The monoisotopic (exact) mass is 257 g/mol. The third kappa shape index (κ3) is 2.55. The number of carboxylic acids is 1. The molecule has 0 unspecified atom stereocenters. The van der Waals surface area contributed by atoms with Crippen molar-refractivity contribution in [1.29, 1.82) is 0 Å². The molecule has 2 rings (SSSR count). The molecule has 0 amide bonds. The topological polar surface area (TPSA) is 42.2 Å². The van der Waals surface area contributed by atoms with E-state index >= 15 is 0 Å². The number of benzene rings is 1. The van der Waals surface area contributed by atoms with Crippen molar-refractivity contribution in [3.8, 4) is 11.3 Å². The molecule has 1 N–H and O–H groups in total. The van der Waals surface area contributed by atoms with Crippen molar-refractivity contribution >= 4 is 5.97 Å². The number of hydrogen-bond donors (Lipinski definition) is 1. The lowest BCUT2D eigenvalue weighted by molar-refractivity contribution is 0.0685. The lowest BCUT2D eigenvalue weighted by Crippen LogP contribution is -2.09. The minimum Gasteiger partial charge on any atom is -0.477 e. The molecule has 0 atom stereocenters. The molecule has 1 aromatic heterocycles. The molecule has 1 aromatic carbocycles. The van der Waals surface area contributed by atoms with Crippen LogP contribution < -0.4 is 0 Å². The summed E-state index contributed by atoms with van der Waals surface area (Å²) in [6.45, 7) is 6.92. The molecule has 0 saturated heterocycles. The van der Waals surface area contributed by atoms with E-state index in [1.165, 1.54) is 11.1 Å². The standard InChI is InChI=1S/C16H19NO2/c1-4-9-17-14(7-8-15(17)16(18)19)13-6-5-11(2)12(3)10-13/h5-8,10H,4,9H2,1-3H3,(H,18,19). The van der Waals surface area contributed by atoms with E-state index in [0.29, 0.717) is 5.69 Å². The molecule has 0 spiro atoms. The summed E-state index contributed by atoms with van der Waals surface area (Å²) >= 11 is 0. The van der Waals surface area contributed by atoms with Crippen LogP contribution in [0.15, 0.2) is 30.3 Å². The molecular weight excluding hydrogens is 238 g/mol. The Hall–Kier alpha value is -2.03. The smallest absolute Gasteiger partial charge is 0.352 e. The van der Waals surface area contributed by atoms with Gasteiger partial charge in [-0.3, -0.25) is 0 Å². The van der Waals surface area contributed by atoms with Crippen LogP contribution in [0.4, 0.5) is 0 Å². The van der Waals surface area contributed by atoms with Crippen LogP contribution in [0.25, 0.3) is 11.3 Å². The Morgan fingerprint density at radius 1 is 1.16 bits per heavy atom. The van der Waals surface area contributed by atoms with E-state index in [-0.39, 0.29) is 0 Å². The third-order valence-corrected chi connectivity index (χ3v) is 3.45. The Balaban J connectivity index is 2.55. The Kier molecular flexibility index (Phi) is 3.74. The average molecular weight is 257 g/mol. The van der Waals surface area contributed by atoms with Gasteiger partial charge >= 0.3 is 5.97 Å². The summed E-state index contributed by atoms with van der Waals surface area (Å²) in [5, 5.41) is 9.23. The summed E-state index contributed by atoms with van der Waals surface area (Å²) in [4.78, 5) is 11.2. The molecule has 3 nitrogen and oxygen atoms in total. The highest BCUT2D eigenvalue weighted by Gasteiger charge is 2.14. The molecule has 0 radical (unpaired) electrons. The molecule has 0 bridgehead atoms. The maximum Gasteiger partial charge on any atom is 0.352 e. The second-order valence-corrected chi connectivity index (χ2v) is 4.86. The molecule has 100 valence electrons. The maximum absolute atomic E-state index is 11.2. The molecule has 0 fully saturated rings. The number of hydrogen-bond acceptors (Lipinski definition) is 1. The van der Waals surface area contributed by atoms with E-state index in [1.807, 2.05) is 10.6 Å². The molecule has 0 aliphatic carbocycles. The second kappa shape index (κ2) is 5.31. The van der Waals surface area contributed by atoms with E-state index in [4.69, 9.17) is 0 Å². The van der Waals surface area contributed by atoms with Crippen LogP contribution in [0.2, 0.25) is 0 Å². The number of nitrogens with zero attached hydrogens (tertiary/aromatic N) is 1. The fraction of sp³-hybridized carbons (Fsp3) is 0.312. The Bertz CT molecular complexity index is 611. The van der Waals surface area contributed by atoms with Crippen LogP contribution in [-0.4, -0.2) is 15.6 Å². The third-order valence-electron chi connectivity index (χ3n) is 3.45. The minimum atomic E-state index is -0.872. The van der Waals surface area contributed by atoms with Gasteiger partial charge in [-0.05, 0) is 55.2 Å². The van der Waals surface area contributed by atoms with Gasteiger partial charge in [0.2, 0.25) is 0 Å². The second-order valence-electron chi connectivity index (χ2n) is 4.86. The van der Waals surface area contributed by atoms with Crippen LogP contribution in [0, 0.1) is 13.8 Å². The van der Waals surface area contributed by atoms with Crippen molar-refractivity contribution in [2.75, 3.05) is 0 Å². The fourth-order valence-corrected chi connectivity index (χ4v) is 2.27. The Labute approximate surface area is 113 Å². The van der Waals surface area contributed by atoms with Crippen LogP contribution in [0.5, 0.6) is 0 Å². The normalized spacial score (nSPS) is 10.7. The van der Waals surface area contributed by atoms with Crippen molar-refractivity contribution in [1.82, 2.24) is 4.57 Å². The fourth-order valence-electron chi connectivity index (χ4n) is 2.27. The molecular formula is C16H19NO2. The quantitative estimate of drug-likeness (QED) is 0.903. The lowest BCUT2D eigenvalue weighted by Gasteiger charge is -2.12. The summed E-state index contributed by atoms with van der Waals surface area (Å²) in [5.41, 5.74) is 4.87. The van der Waals surface area contributed by atoms with Gasteiger partial charge in [-0.25, -0.2) is 4.79 Å². The summed E-state index contributed by atoms with van der Waals surface area (Å²) in [5.74, 6) is -0.872. The van der Waals surface area contributed by atoms with Crippen LogP contribution in [0.1, 0.15) is 35.0 Å². The van der Waals surface area contributed by atoms with Gasteiger partial charge in [0.05, 0.1) is 0 Å². The first-order chi connectivity index (χ1) is 9.04. The zero-order valence-corrected chi connectivity index (χ0v) is 11.6. The first-order valence-electron chi connectivity index (χ1n) is 6.55. The summed E-state index contributed by atoms with van der Waals surface area (Å²) < 4.78 is 1.88. The van der Waals surface area contributed by atoms with Crippen molar-refractivity contribution < 1.29 is 9.90 Å². The number of carbonyl (C=O) groups is 1. The van der Waals surface area contributed by atoms with Gasteiger partial charge in [0.15, 0.2) is 0 Å². The zero-order chi connectivity index (χ0) is 14.0. The van der Waals surface area contributed by atoms with Crippen molar-refractivity contribution in [2.45, 2.75) is 33.7 Å². The summed E-state index contributed by atoms with van der Waals surface area (Å²) in [6.07, 6.45) is 0.910. The van der Waals surface area contributed by atoms with E-state index in [1.54, 1.807) is 6.07 Å². The van der Waals surface area contributed by atoms with Crippen LogP contribution >= 0.6 is 0 Å². The Morgan fingerprint density at radius 3 is 2.47 bits per heavy atom. The first kappa shape index (κ1) is 13.4. The summed E-state index contributed by atoms with van der Waals surface area (Å²) in [6, 6.07) is 9.82. The van der Waals surface area contributed by atoms with E-state index in [9.17, 15) is 9.90 Å². The van der Waals surface area contributed by atoms with E-state index in [0.717, 1.165) is 24.2 Å². The number of aromatic nitrogens is 1.